The molecule has 12 heteroatoms. The lowest BCUT2D eigenvalue weighted by molar-refractivity contribution is 0.102. The Bertz CT molecular complexity index is 1860. The summed E-state index contributed by atoms with van der Waals surface area (Å²) in [4.78, 5) is 34.1. The Hall–Kier alpha value is -4.55. The van der Waals surface area contributed by atoms with Gasteiger partial charge < -0.3 is 15.4 Å². The van der Waals surface area contributed by atoms with E-state index in [1.165, 1.54) is 30.7 Å². The standard InChI is InChI=1S/C28H25FN8O2S/c1-3-4-5-22(39)33-16-8-15(9-30-10-16)25-24(29)23-18(13-32-25)36-37-27(23)28-34-19-12-31-11-17(26(19)35-28)21-7-6-20(40-21)14(2)38/h6-13,22,33,39H,3-5H2,1-2H3,(H,34,35)(H,36,37). The summed E-state index contributed by atoms with van der Waals surface area (Å²) in [5, 5.41) is 20.7. The molecule has 0 bridgehead atoms. The van der Waals surface area contributed by atoms with Crippen molar-refractivity contribution in [3.8, 4) is 33.2 Å². The zero-order valence-corrected chi connectivity index (χ0v) is 22.5. The number of aromatic nitrogens is 7. The summed E-state index contributed by atoms with van der Waals surface area (Å²) in [5.74, 6) is -0.219. The molecule has 202 valence electrons. The topological polar surface area (TPSA) is 145 Å². The number of aliphatic hydroxyl groups is 1. The average molecular weight is 557 g/mol. The van der Waals surface area contributed by atoms with Gasteiger partial charge in [0.2, 0.25) is 0 Å². The summed E-state index contributed by atoms with van der Waals surface area (Å²) >= 11 is 1.37. The number of nitrogens with zero attached hydrogens (tertiary/aromatic N) is 5. The molecule has 6 aromatic rings. The molecule has 0 aliphatic heterocycles. The first-order valence-electron chi connectivity index (χ1n) is 12.8. The van der Waals surface area contributed by atoms with Crippen LogP contribution in [-0.4, -0.2) is 52.2 Å². The van der Waals surface area contributed by atoms with Crippen molar-refractivity contribution in [2.45, 2.75) is 39.3 Å². The molecule has 4 N–H and O–H groups in total. The quantitative estimate of drug-likeness (QED) is 0.126. The fourth-order valence-electron chi connectivity index (χ4n) is 4.56. The van der Waals surface area contributed by atoms with Crippen LogP contribution >= 0.6 is 11.3 Å². The minimum Gasteiger partial charge on any atom is -0.374 e. The molecule has 0 radical (unpaired) electrons. The minimum atomic E-state index is -0.728. The lowest BCUT2D eigenvalue weighted by Gasteiger charge is -2.14. The van der Waals surface area contributed by atoms with E-state index in [9.17, 15) is 9.90 Å². The van der Waals surface area contributed by atoms with E-state index >= 15 is 4.39 Å². The number of carbonyl (C=O) groups is 1. The number of hydrogen-bond acceptors (Lipinski definition) is 9. The number of nitrogens with one attached hydrogen (secondary N) is 3. The van der Waals surface area contributed by atoms with Crippen LogP contribution in [0.3, 0.4) is 0 Å². The van der Waals surface area contributed by atoms with E-state index < -0.39 is 12.0 Å². The molecule has 40 heavy (non-hydrogen) atoms. The number of Topliss-reactive ketones (excluding diaryl/α,β-unsaturated/α-hetero) is 1. The monoisotopic (exact) mass is 556 g/mol. The number of fused-ring (bicyclic) bond motifs is 2. The Morgan fingerprint density at radius 3 is 2.77 bits per heavy atom. The molecule has 6 rings (SSSR count). The number of unbranched alkanes of at least 4 members (excludes halogenated alkanes) is 1. The Morgan fingerprint density at radius 1 is 1.12 bits per heavy atom. The largest absolute Gasteiger partial charge is 0.374 e. The van der Waals surface area contributed by atoms with Crippen LogP contribution in [0, 0.1) is 5.82 Å². The molecule has 1 unspecified atom stereocenters. The molecule has 1 atom stereocenters. The third-order valence-corrected chi connectivity index (χ3v) is 7.78. The van der Waals surface area contributed by atoms with Gasteiger partial charge in [0, 0.05) is 28.4 Å². The summed E-state index contributed by atoms with van der Waals surface area (Å²) in [6.07, 6.45) is 9.67. The zero-order valence-electron chi connectivity index (χ0n) is 21.7. The van der Waals surface area contributed by atoms with E-state index in [2.05, 4.69) is 42.4 Å². The van der Waals surface area contributed by atoms with Gasteiger partial charge in [-0.1, -0.05) is 13.3 Å². The Morgan fingerprint density at radius 2 is 1.98 bits per heavy atom. The van der Waals surface area contributed by atoms with Crippen molar-refractivity contribution >= 4 is 44.7 Å². The maximum absolute atomic E-state index is 16.1. The summed E-state index contributed by atoms with van der Waals surface area (Å²) in [5.41, 5.74) is 3.88. The van der Waals surface area contributed by atoms with Gasteiger partial charge in [-0.05, 0) is 38.0 Å². The molecule has 6 aromatic heterocycles. The zero-order chi connectivity index (χ0) is 27.8. The maximum atomic E-state index is 16.1. The molecule has 0 amide bonds. The Labute approximate surface area is 231 Å². The molecule has 0 fully saturated rings. The number of aliphatic hydroxyl groups excluding tert-OH is 1. The maximum Gasteiger partial charge on any atom is 0.169 e. The van der Waals surface area contributed by atoms with Crippen LogP contribution in [0.25, 0.3) is 55.2 Å². The first kappa shape index (κ1) is 25.7. The smallest absolute Gasteiger partial charge is 0.169 e. The molecule has 0 aliphatic rings. The summed E-state index contributed by atoms with van der Waals surface area (Å²) < 4.78 is 16.1. The normalized spacial score (nSPS) is 12.3. The van der Waals surface area contributed by atoms with Gasteiger partial charge in [0.1, 0.15) is 23.1 Å². The number of ketones is 1. The van der Waals surface area contributed by atoms with Gasteiger partial charge in [0.25, 0.3) is 0 Å². The number of carbonyl (C=O) groups excluding carboxylic acids is 1. The molecule has 0 spiro atoms. The van der Waals surface area contributed by atoms with Crippen LogP contribution < -0.4 is 5.32 Å². The van der Waals surface area contributed by atoms with Crippen molar-refractivity contribution in [2.24, 2.45) is 0 Å². The highest BCUT2D eigenvalue weighted by atomic mass is 32.1. The highest BCUT2D eigenvalue weighted by Gasteiger charge is 2.22. The molecule has 0 saturated heterocycles. The fourth-order valence-corrected chi connectivity index (χ4v) is 5.47. The van der Waals surface area contributed by atoms with Crippen molar-refractivity contribution in [3.05, 3.63) is 59.9 Å². The van der Waals surface area contributed by atoms with E-state index in [4.69, 9.17) is 4.98 Å². The first-order chi connectivity index (χ1) is 19.4. The summed E-state index contributed by atoms with van der Waals surface area (Å²) in [6, 6.07) is 5.35. The highest BCUT2D eigenvalue weighted by molar-refractivity contribution is 7.17. The third kappa shape index (κ3) is 4.71. The number of hydrogen-bond donors (Lipinski definition) is 4. The molecule has 0 aliphatic carbocycles. The molecule has 0 aromatic carbocycles. The number of rotatable bonds is 9. The van der Waals surface area contributed by atoms with Crippen molar-refractivity contribution in [1.29, 1.82) is 0 Å². The summed E-state index contributed by atoms with van der Waals surface area (Å²) in [7, 11) is 0. The second kappa shape index (κ2) is 10.5. The highest BCUT2D eigenvalue weighted by Crippen LogP contribution is 2.36. The number of imidazole rings is 1. The van der Waals surface area contributed by atoms with Gasteiger partial charge in [0.05, 0.1) is 45.6 Å². The molecule has 0 saturated carbocycles. The van der Waals surface area contributed by atoms with E-state index in [1.807, 2.05) is 6.07 Å². The van der Waals surface area contributed by atoms with E-state index in [0.29, 0.717) is 50.6 Å². The predicted octanol–water partition coefficient (Wildman–Crippen LogP) is 5.95. The second-order valence-corrected chi connectivity index (χ2v) is 10.5. The van der Waals surface area contributed by atoms with Crippen LogP contribution in [0.1, 0.15) is 42.8 Å². The molecule has 10 nitrogen and oxygen atoms in total. The number of halogens is 1. The van der Waals surface area contributed by atoms with Gasteiger partial charge >= 0.3 is 0 Å². The van der Waals surface area contributed by atoms with E-state index in [1.54, 1.807) is 30.7 Å². The lowest BCUT2D eigenvalue weighted by atomic mass is 10.1. The number of H-pyrrole nitrogens is 2. The van der Waals surface area contributed by atoms with Crippen molar-refractivity contribution in [2.75, 3.05) is 5.32 Å². The van der Waals surface area contributed by atoms with Crippen LogP contribution in [0.15, 0.2) is 49.2 Å². The van der Waals surface area contributed by atoms with Crippen LogP contribution in [-0.2, 0) is 0 Å². The van der Waals surface area contributed by atoms with E-state index in [-0.39, 0.29) is 16.9 Å². The van der Waals surface area contributed by atoms with Crippen molar-refractivity contribution < 1.29 is 14.3 Å². The number of aromatic amines is 2. The summed E-state index contributed by atoms with van der Waals surface area (Å²) in [6.45, 7) is 3.58. The van der Waals surface area contributed by atoms with E-state index in [0.717, 1.165) is 23.3 Å². The number of thiophene rings is 1. The Balaban J connectivity index is 1.40. The molecule has 6 heterocycles. The van der Waals surface area contributed by atoms with Crippen molar-refractivity contribution in [3.63, 3.8) is 0 Å². The van der Waals surface area contributed by atoms with Crippen molar-refractivity contribution in [1.82, 2.24) is 35.1 Å². The number of pyridine rings is 3. The fraction of sp³-hybridized carbons (Fsp3) is 0.214. The van der Waals surface area contributed by atoms with Gasteiger partial charge in [-0.3, -0.25) is 24.8 Å². The predicted molar refractivity (Wildman–Crippen MR) is 152 cm³/mol. The molecular weight excluding hydrogens is 531 g/mol. The van der Waals surface area contributed by atoms with Gasteiger partial charge in [-0.2, -0.15) is 5.10 Å². The van der Waals surface area contributed by atoms with Crippen LogP contribution in [0.5, 0.6) is 0 Å². The Kier molecular flexibility index (Phi) is 6.78. The molecular formula is C28H25FN8O2S. The van der Waals surface area contributed by atoms with Crippen LogP contribution in [0.4, 0.5) is 10.1 Å². The van der Waals surface area contributed by atoms with Gasteiger partial charge in [0.15, 0.2) is 17.4 Å². The second-order valence-electron chi connectivity index (χ2n) is 9.44. The van der Waals surface area contributed by atoms with Gasteiger partial charge in [-0.25, -0.2) is 9.37 Å². The minimum absolute atomic E-state index is 0.00817. The average Bonchev–Trinajstić information content (AvgIpc) is 3.70. The van der Waals surface area contributed by atoms with Crippen LogP contribution in [0.2, 0.25) is 0 Å². The van der Waals surface area contributed by atoms with Gasteiger partial charge in [-0.15, -0.1) is 11.3 Å². The third-order valence-electron chi connectivity index (χ3n) is 6.56. The SMILES string of the molecule is CCCCC(O)Nc1cncc(-c2ncc3[nH]nc(-c4nc5c(-c6ccc(C(C)=O)s6)cncc5[nH]4)c3c2F)c1. The first-order valence-corrected chi connectivity index (χ1v) is 13.6. The lowest BCUT2D eigenvalue weighted by Crippen LogP contribution is -2.18. The number of anilines is 1.